The highest BCUT2D eigenvalue weighted by atomic mass is 79.9. The molecule has 1 aromatic heterocycles. The maximum atomic E-state index is 12.2. The fraction of sp³-hybridized carbons (Fsp3) is 0.412. The van der Waals surface area contributed by atoms with Crippen LogP contribution in [-0.2, 0) is 0 Å². The summed E-state index contributed by atoms with van der Waals surface area (Å²) in [4.78, 5) is 24.3. The monoisotopic (exact) mass is 363 g/mol. The van der Waals surface area contributed by atoms with Gasteiger partial charge in [0, 0.05) is 17.1 Å². The van der Waals surface area contributed by atoms with E-state index in [1.54, 1.807) is 18.2 Å². The lowest BCUT2D eigenvalue weighted by molar-refractivity contribution is 0.0916. The summed E-state index contributed by atoms with van der Waals surface area (Å²) in [6.07, 6.45) is 6.09. The van der Waals surface area contributed by atoms with E-state index in [0.29, 0.717) is 23.4 Å². The maximum absolute atomic E-state index is 12.2. The highest BCUT2D eigenvalue weighted by Crippen LogP contribution is 2.23. The van der Waals surface area contributed by atoms with E-state index < -0.39 is 0 Å². The van der Waals surface area contributed by atoms with Gasteiger partial charge in [0.15, 0.2) is 11.2 Å². The highest BCUT2D eigenvalue weighted by molar-refractivity contribution is 9.10. The molecule has 0 saturated heterocycles. The van der Waals surface area contributed by atoms with Crippen LogP contribution < -0.4 is 10.7 Å². The van der Waals surface area contributed by atoms with Gasteiger partial charge in [0.05, 0.1) is 5.39 Å². The number of hydrogen-bond acceptors (Lipinski definition) is 3. The molecule has 22 heavy (non-hydrogen) atoms. The lowest BCUT2D eigenvalue weighted by atomic mass is 9.89. The summed E-state index contributed by atoms with van der Waals surface area (Å²) in [6, 6.07) is 6.45. The van der Waals surface area contributed by atoms with E-state index in [0.717, 1.165) is 17.3 Å². The van der Waals surface area contributed by atoms with Gasteiger partial charge in [0.25, 0.3) is 5.91 Å². The van der Waals surface area contributed by atoms with Crippen LogP contribution in [0.3, 0.4) is 0 Å². The molecule has 1 saturated carbocycles. The van der Waals surface area contributed by atoms with Crippen LogP contribution in [0, 0.1) is 5.92 Å². The molecule has 1 amide bonds. The first-order valence-electron chi connectivity index (χ1n) is 7.65. The predicted octanol–water partition coefficient (Wildman–Crippen LogP) is 3.87. The Kier molecular flexibility index (Phi) is 4.62. The molecule has 0 unspecified atom stereocenters. The van der Waals surface area contributed by atoms with Gasteiger partial charge in [0.2, 0.25) is 0 Å². The van der Waals surface area contributed by atoms with Gasteiger partial charge in [-0.15, -0.1) is 0 Å². The molecule has 3 rings (SSSR count). The van der Waals surface area contributed by atoms with E-state index in [-0.39, 0.29) is 17.1 Å². The van der Waals surface area contributed by atoms with Crippen molar-refractivity contribution in [3.8, 4) is 0 Å². The fourth-order valence-corrected chi connectivity index (χ4v) is 3.32. The van der Waals surface area contributed by atoms with Gasteiger partial charge in [-0.2, -0.15) is 0 Å². The number of benzene rings is 1. The topological polar surface area (TPSA) is 59.3 Å². The van der Waals surface area contributed by atoms with Crippen molar-refractivity contribution in [2.24, 2.45) is 5.92 Å². The van der Waals surface area contributed by atoms with Gasteiger partial charge < -0.3 is 9.73 Å². The first kappa shape index (κ1) is 15.3. The zero-order valence-corrected chi connectivity index (χ0v) is 13.8. The second-order valence-corrected chi connectivity index (χ2v) is 6.75. The highest BCUT2D eigenvalue weighted by Gasteiger charge is 2.17. The van der Waals surface area contributed by atoms with Crippen LogP contribution in [0.2, 0.25) is 0 Å². The SMILES string of the molecule is O=C(NCC1CCCCC1)c1cc(=O)c2cc(Br)ccc2o1. The molecule has 0 radical (unpaired) electrons. The van der Waals surface area contributed by atoms with Gasteiger partial charge in [-0.3, -0.25) is 9.59 Å². The Balaban J connectivity index is 1.76. The third kappa shape index (κ3) is 3.40. The third-order valence-electron chi connectivity index (χ3n) is 4.19. The molecule has 1 fully saturated rings. The summed E-state index contributed by atoms with van der Waals surface area (Å²) in [5, 5.41) is 3.36. The lowest BCUT2D eigenvalue weighted by Gasteiger charge is -2.21. The van der Waals surface area contributed by atoms with E-state index in [1.165, 1.54) is 25.3 Å². The molecule has 0 aliphatic heterocycles. The van der Waals surface area contributed by atoms with Crippen LogP contribution in [0.4, 0.5) is 0 Å². The lowest BCUT2D eigenvalue weighted by Crippen LogP contribution is -2.30. The average Bonchev–Trinajstić information content (AvgIpc) is 2.54. The molecule has 4 nitrogen and oxygen atoms in total. The van der Waals surface area contributed by atoms with Crippen molar-refractivity contribution in [1.29, 1.82) is 0 Å². The average molecular weight is 364 g/mol. The summed E-state index contributed by atoms with van der Waals surface area (Å²) in [7, 11) is 0. The molecule has 5 heteroatoms. The standard InChI is InChI=1S/C17H18BrNO3/c18-12-6-7-15-13(8-12)14(20)9-16(22-15)17(21)19-10-11-4-2-1-3-5-11/h6-9,11H,1-5,10H2,(H,19,21). The second kappa shape index (κ2) is 6.65. The van der Waals surface area contributed by atoms with Crippen molar-refractivity contribution in [1.82, 2.24) is 5.32 Å². The van der Waals surface area contributed by atoms with Gasteiger partial charge >= 0.3 is 0 Å². The van der Waals surface area contributed by atoms with Crippen molar-refractivity contribution >= 4 is 32.8 Å². The van der Waals surface area contributed by atoms with E-state index in [9.17, 15) is 9.59 Å². The number of hydrogen-bond donors (Lipinski definition) is 1. The molecule has 0 bridgehead atoms. The summed E-state index contributed by atoms with van der Waals surface area (Å²) in [5.74, 6) is 0.309. The Morgan fingerprint density at radius 2 is 2.00 bits per heavy atom. The van der Waals surface area contributed by atoms with Crippen LogP contribution in [0.5, 0.6) is 0 Å². The molecule has 1 heterocycles. The number of halogens is 1. The number of carbonyl (C=O) groups is 1. The Morgan fingerprint density at radius 1 is 1.23 bits per heavy atom. The number of carbonyl (C=O) groups excluding carboxylic acids is 1. The number of fused-ring (bicyclic) bond motifs is 1. The normalized spacial score (nSPS) is 15.9. The van der Waals surface area contributed by atoms with Gasteiger partial charge in [-0.05, 0) is 37.0 Å². The van der Waals surface area contributed by atoms with Crippen molar-refractivity contribution in [2.45, 2.75) is 32.1 Å². The van der Waals surface area contributed by atoms with Gasteiger partial charge in [-0.25, -0.2) is 0 Å². The van der Waals surface area contributed by atoms with Gasteiger partial charge in [-0.1, -0.05) is 35.2 Å². The molecule has 0 spiro atoms. The minimum atomic E-state index is -0.313. The van der Waals surface area contributed by atoms with Crippen LogP contribution >= 0.6 is 15.9 Å². The Morgan fingerprint density at radius 3 is 2.77 bits per heavy atom. The van der Waals surface area contributed by atoms with E-state index >= 15 is 0 Å². The third-order valence-corrected chi connectivity index (χ3v) is 4.68. The van der Waals surface area contributed by atoms with E-state index in [1.807, 2.05) is 0 Å². The number of nitrogens with one attached hydrogen (secondary N) is 1. The van der Waals surface area contributed by atoms with Crippen molar-refractivity contribution in [2.75, 3.05) is 6.54 Å². The zero-order valence-electron chi connectivity index (χ0n) is 12.2. The first-order valence-corrected chi connectivity index (χ1v) is 8.44. The molecule has 116 valence electrons. The number of amides is 1. The molecule has 1 aromatic carbocycles. The quantitative estimate of drug-likeness (QED) is 0.900. The summed E-state index contributed by atoms with van der Waals surface area (Å²) in [6.45, 7) is 0.654. The minimum absolute atomic E-state index is 0.0793. The van der Waals surface area contributed by atoms with E-state index in [4.69, 9.17) is 4.42 Å². The molecule has 0 atom stereocenters. The van der Waals surface area contributed by atoms with Crippen molar-refractivity contribution < 1.29 is 9.21 Å². The van der Waals surface area contributed by atoms with Crippen LogP contribution in [0.15, 0.2) is 37.9 Å². The van der Waals surface area contributed by atoms with Crippen molar-refractivity contribution in [3.05, 3.63) is 44.7 Å². The molecule has 1 N–H and O–H groups in total. The van der Waals surface area contributed by atoms with Crippen molar-refractivity contribution in [3.63, 3.8) is 0 Å². The molecule has 2 aromatic rings. The molecular weight excluding hydrogens is 346 g/mol. The largest absolute Gasteiger partial charge is 0.451 e. The summed E-state index contributed by atoms with van der Waals surface area (Å²) >= 11 is 3.32. The first-order chi connectivity index (χ1) is 10.6. The smallest absolute Gasteiger partial charge is 0.287 e. The Hall–Kier alpha value is -1.62. The minimum Gasteiger partial charge on any atom is -0.451 e. The number of rotatable bonds is 3. The maximum Gasteiger partial charge on any atom is 0.287 e. The van der Waals surface area contributed by atoms with Crippen LogP contribution in [-0.4, -0.2) is 12.5 Å². The molecular formula is C17H18BrNO3. The second-order valence-electron chi connectivity index (χ2n) is 5.83. The predicted molar refractivity (Wildman–Crippen MR) is 89.1 cm³/mol. The molecule has 1 aliphatic rings. The van der Waals surface area contributed by atoms with Crippen LogP contribution in [0.1, 0.15) is 42.7 Å². The summed E-state index contributed by atoms with van der Waals surface area (Å²) < 4.78 is 6.37. The zero-order chi connectivity index (χ0) is 15.5. The van der Waals surface area contributed by atoms with Crippen LogP contribution in [0.25, 0.3) is 11.0 Å². The summed E-state index contributed by atoms with van der Waals surface area (Å²) in [5.41, 5.74) is 0.226. The van der Waals surface area contributed by atoms with E-state index in [2.05, 4.69) is 21.2 Å². The Bertz CT molecular complexity index is 747. The molecule has 1 aliphatic carbocycles. The Labute approximate surface area is 137 Å². The van der Waals surface area contributed by atoms with Gasteiger partial charge in [0.1, 0.15) is 5.58 Å². The fourth-order valence-electron chi connectivity index (χ4n) is 2.96.